The number of rotatable bonds is 60. The van der Waals surface area contributed by atoms with Crippen LogP contribution in [0.1, 0.15) is 310 Å². The molecule has 0 fully saturated rings. The zero-order chi connectivity index (χ0) is 57.8. The minimum absolute atomic E-state index is 0.0888. The van der Waals surface area contributed by atoms with E-state index >= 15 is 0 Å². The van der Waals surface area contributed by atoms with Crippen molar-refractivity contribution in [2.24, 2.45) is 0 Å². The second-order valence-corrected chi connectivity index (χ2v) is 22.0. The fraction of sp³-hybridized carbons (Fsp3) is 0.689. The third-order valence-electron chi connectivity index (χ3n) is 14.2. The van der Waals surface area contributed by atoms with Gasteiger partial charge in [-0.15, -0.1) is 0 Å². The van der Waals surface area contributed by atoms with Crippen LogP contribution >= 0.6 is 0 Å². The van der Waals surface area contributed by atoms with Gasteiger partial charge in [0.15, 0.2) is 6.10 Å². The Morgan fingerprint density at radius 1 is 0.263 bits per heavy atom. The summed E-state index contributed by atoms with van der Waals surface area (Å²) < 4.78 is 17.0. The normalized spacial score (nSPS) is 12.9. The number of hydrogen-bond donors (Lipinski definition) is 0. The highest BCUT2D eigenvalue weighted by molar-refractivity contribution is 5.71. The van der Waals surface area contributed by atoms with Gasteiger partial charge in [0, 0.05) is 19.3 Å². The van der Waals surface area contributed by atoms with Crippen molar-refractivity contribution in [2.75, 3.05) is 13.2 Å². The first-order valence-corrected chi connectivity index (χ1v) is 33.5. The molecule has 1 unspecified atom stereocenters. The zero-order valence-corrected chi connectivity index (χ0v) is 52.3. The number of carbonyl (C=O) groups excluding carboxylic acids is 3. The molecule has 0 N–H and O–H groups in total. The Morgan fingerprint density at radius 2 is 0.487 bits per heavy atom. The van der Waals surface area contributed by atoms with Crippen LogP contribution in [0.2, 0.25) is 0 Å². The van der Waals surface area contributed by atoms with Crippen molar-refractivity contribution in [2.45, 2.75) is 316 Å². The van der Waals surface area contributed by atoms with Crippen LogP contribution in [0.4, 0.5) is 0 Å². The Balaban J connectivity index is 4.40. The molecule has 0 saturated carbocycles. The maximum Gasteiger partial charge on any atom is 0.306 e. The van der Waals surface area contributed by atoms with Gasteiger partial charge in [-0.1, -0.05) is 284 Å². The van der Waals surface area contributed by atoms with Crippen LogP contribution in [-0.2, 0) is 28.6 Å². The molecule has 0 aliphatic heterocycles. The molecule has 6 heteroatoms. The molecule has 80 heavy (non-hydrogen) atoms. The molecule has 0 aromatic carbocycles. The summed E-state index contributed by atoms with van der Waals surface area (Å²) in [5.41, 5.74) is 0. The van der Waals surface area contributed by atoms with Crippen molar-refractivity contribution in [1.82, 2.24) is 0 Å². The number of unbranched alkanes of at least 4 members (excludes halogenated alkanes) is 29. The predicted molar refractivity (Wildman–Crippen MR) is 348 cm³/mol. The third kappa shape index (κ3) is 64.6. The van der Waals surface area contributed by atoms with Gasteiger partial charge in [0.05, 0.1) is 0 Å². The summed E-state index contributed by atoms with van der Waals surface area (Å²) in [6.45, 7) is 6.40. The van der Waals surface area contributed by atoms with Crippen LogP contribution in [0.5, 0.6) is 0 Å². The molecule has 0 aliphatic rings. The lowest BCUT2D eigenvalue weighted by atomic mass is 10.0. The average molecular weight is 1110 g/mol. The van der Waals surface area contributed by atoms with Crippen molar-refractivity contribution >= 4 is 17.9 Å². The van der Waals surface area contributed by atoms with E-state index in [0.717, 1.165) is 135 Å². The molecule has 0 aromatic rings. The van der Waals surface area contributed by atoms with Crippen LogP contribution in [0.25, 0.3) is 0 Å². The Labute approximate surface area is 494 Å². The predicted octanol–water partition coefficient (Wildman–Crippen LogP) is 23.2. The van der Waals surface area contributed by atoms with Gasteiger partial charge in [0.1, 0.15) is 13.2 Å². The largest absolute Gasteiger partial charge is 0.462 e. The Morgan fingerprint density at radius 3 is 0.762 bits per heavy atom. The Bertz CT molecular complexity index is 1650. The summed E-state index contributed by atoms with van der Waals surface area (Å²) in [6, 6.07) is 0. The number of hydrogen-bond acceptors (Lipinski definition) is 6. The number of esters is 3. The second kappa shape index (κ2) is 67.3. The summed E-state index contributed by atoms with van der Waals surface area (Å²) in [5.74, 6) is -0.904. The Kier molecular flexibility index (Phi) is 63.8. The number of carbonyl (C=O) groups is 3. The molecule has 6 nitrogen and oxygen atoms in total. The van der Waals surface area contributed by atoms with Crippen molar-refractivity contribution < 1.29 is 28.6 Å². The second-order valence-electron chi connectivity index (χ2n) is 22.0. The first-order chi connectivity index (χ1) is 39.5. The highest BCUT2D eigenvalue weighted by Crippen LogP contribution is 2.16. The molecule has 0 saturated heterocycles. The number of ether oxygens (including phenoxy) is 3. The molecule has 0 bridgehead atoms. The van der Waals surface area contributed by atoms with Gasteiger partial charge in [-0.2, -0.15) is 0 Å². The van der Waals surface area contributed by atoms with Gasteiger partial charge in [0.2, 0.25) is 0 Å². The quantitative estimate of drug-likeness (QED) is 0.0261. The highest BCUT2D eigenvalue weighted by Gasteiger charge is 2.19. The number of allylic oxidation sites excluding steroid dienone is 20. The summed E-state index contributed by atoms with van der Waals surface area (Å²) >= 11 is 0. The van der Waals surface area contributed by atoms with E-state index < -0.39 is 6.10 Å². The molecule has 0 amide bonds. The topological polar surface area (TPSA) is 78.9 Å². The third-order valence-corrected chi connectivity index (χ3v) is 14.2. The Hall–Kier alpha value is -4.19. The minimum atomic E-state index is -0.795. The van der Waals surface area contributed by atoms with E-state index in [-0.39, 0.29) is 31.1 Å². The highest BCUT2D eigenvalue weighted by atomic mass is 16.6. The van der Waals surface area contributed by atoms with Crippen LogP contribution in [0.3, 0.4) is 0 Å². The maximum absolute atomic E-state index is 12.9. The van der Waals surface area contributed by atoms with Gasteiger partial charge >= 0.3 is 17.9 Å². The average Bonchev–Trinajstić information content (AvgIpc) is 3.46. The van der Waals surface area contributed by atoms with E-state index in [1.807, 2.05) is 0 Å². The van der Waals surface area contributed by atoms with Crippen LogP contribution in [0.15, 0.2) is 122 Å². The summed E-state index contributed by atoms with van der Waals surface area (Å²) in [6.07, 6.45) is 93.4. The molecular formula is C74H124O6. The molecule has 456 valence electrons. The molecule has 0 rings (SSSR count). The maximum atomic E-state index is 12.9. The standard InChI is InChI=1S/C74H124O6/c1-4-7-10-13-16-19-22-25-28-31-34-35-36-37-38-39-41-43-46-49-52-55-58-61-64-67-73(76)79-70-71(69-78-72(75)66-63-60-57-54-51-48-45-42-33-30-27-24-21-18-15-12-9-6-3)80-74(77)68-65-62-59-56-53-50-47-44-40-32-29-26-23-20-17-14-11-8-5-2/h7-8,10-11,16-17,19-21,24-26,28-30,33-35,40,44,71H,4-6,9,12-15,18,22-23,27,31-32,36-39,41-43,45-70H2,1-3H3/b10-7-,11-8-,19-16-,20-17-,24-21-,28-25-,29-26-,33-30-,35-34-,44-40-. The van der Waals surface area contributed by atoms with E-state index in [2.05, 4.69) is 142 Å². The van der Waals surface area contributed by atoms with E-state index in [0.29, 0.717) is 19.3 Å². The van der Waals surface area contributed by atoms with Crippen LogP contribution in [0, 0.1) is 0 Å². The van der Waals surface area contributed by atoms with Gasteiger partial charge in [-0.05, 0) is 128 Å². The van der Waals surface area contributed by atoms with Crippen molar-refractivity contribution in [3.63, 3.8) is 0 Å². The summed E-state index contributed by atoms with van der Waals surface area (Å²) in [7, 11) is 0. The van der Waals surface area contributed by atoms with Gasteiger partial charge in [-0.3, -0.25) is 14.4 Å². The molecule has 0 heterocycles. The first-order valence-electron chi connectivity index (χ1n) is 33.5. The molecule has 0 aromatic heterocycles. The van der Waals surface area contributed by atoms with E-state index in [1.54, 1.807) is 0 Å². The van der Waals surface area contributed by atoms with E-state index in [4.69, 9.17) is 14.2 Å². The smallest absolute Gasteiger partial charge is 0.306 e. The lowest BCUT2D eigenvalue weighted by Gasteiger charge is -2.18. The van der Waals surface area contributed by atoms with Gasteiger partial charge < -0.3 is 14.2 Å². The van der Waals surface area contributed by atoms with Gasteiger partial charge in [0.25, 0.3) is 0 Å². The van der Waals surface area contributed by atoms with Crippen LogP contribution in [-0.4, -0.2) is 37.2 Å². The van der Waals surface area contributed by atoms with Crippen LogP contribution < -0.4 is 0 Å². The molecule has 0 radical (unpaired) electrons. The van der Waals surface area contributed by atoms with Crippen molar-refractivity contribution in [3.05, 3.63) is 122 Å². The fourth-order valence-electron chi connectivity index (χ4n) is 9.22. The first kappa shape index (κ1) is 75.8. The lowest BCUT2D eigenvalue weighted by molar-refractivity contribution is -0.167. The zero-order valence-electron chi connectivity index (χ0n) is 52.3. The SMILES string of the molecule is CC/C=C\C/C=C\C/C=C\C/C=C\CCCCCCCCCCCCCCC(=O)OCC(COC(=O)CCCCCCCCC/C=C\C/C=C\CCCCCC)OC(=O)CCCCCCCC/C=C\C/C=C\C/C=C\C/C=C\CC. The van der Waals surface area contributed by atoms with Crippen molar-refractivity contribution in [1.29, 1.82) is 0 Å². The molecular weight excluding hydrogens is 985 g/mol. The molecule has 0 spiro atoms. The minimum Gasteiger partial charge on any atom is -0.462 e. The van der Waals surface area contributed by atoms with Crippen molar-refractivity contribution in [3.8, 4) is 0 Å². The molecule has 1 atom stereocenters. The van der Waals surface area contributed by atoms with E-state index in [9.17, 15) is 14.4 Å². The summed E-state index contributed by atoms with van der Waals surface area (Å²) in [4.78, 5) is 38.4. The lowest BCUT2D eigenvalue weighted by Crippen LogP contribution is -2.30. The molecule has 0 aliphatic carbocycles. The fourth-order valence-corrected chi connectivity index (χ4v) is 9.22. The summed E-state index contributed by atoms with van der Waals surface area (Å²) in [5, 5.41) is 0. The van der Waals surface area contributed by atoms with Gasteiger partial charge in [-0.25, -0.2) is 0 Å². The van der Waals surface area contributed by atoms with E-state index in [1.165, 1.54) is 135 Å². The monoisotopic (exact) mass is 1110 g/mol.